The number of aromatic nitrogens is 4. The molecule has 14 heavy (non-hydrogen) atoms. The first kappa shape index (κ1) is 8.99. The molecule has 4 heteroatoms. The van der Waals surface area contributed by atoms with Gasteiger partial charge in [-0.05, 0) is 26.8 Å². The SMILES string of the molecule is CCn1nc(C)c(-c2ccn[nH]2)c1C. The smallest absolute Gasteiger partial charge is 0.0690 e. The van der Waals surface area contributed by atoms with Crippen LogP contribution in [0.5, 0.6) is 0 Å². The normalized spacial score (nSPS) is 10.8. The number of hydrogen-bond acceptors (Lipinski definition) is 2. The zero-order chi connectivity index (χ0) is 10.1. The Morgan fingerprint density at radius 2 is 2.21 bits per heavy atom. The maximum absolute atomic E-state index is 4.45. The second-order valence-electron chi connectivity index (χ2n) is 3.33. The van der Waals surface area contributed by atoms with E-state index < -0.39 is 0 Å². The van der Waals surface area contributed by atoms with Crippen molar-refractivity contribution in [1.29, 1.82) is 0 Å². The van der Waals surface area contributed by atoms with Crippen LogP contribution in [0, 0.1) is 13.8 Å². The Balaban J connectivity index is 2.58. The van der Waals surface area contributed by atoms with E-state index in [1.807, 2.05) is 17.7 Å². The van der Waals surface area contributed by atoms with Crippen molar-refractivity contribution in [2.24, 2.45) is 0 Å². The van der Waals surface area contributed by atoms with Gasteiger partial charge >= 0.3 is 0 Å². The van der Waals surface area contributed by atoms with E-state index in [0.717, 1.165) is 17.9 Å². The predicted molar refractivity (Wildman–Crippen MR) is 55.0 cm³/mol. The van der Waals surface area contributed by atoms with Crippen LogP contribution in [0.4, 0.5) is 0 Å². The summed E-state index contributed by atoms with van der Waals surface area (Å²) in [5, 5.41) is 11.4. The monoisotopic (exact) mass is 190 g/mol. The Kier molecular flexibility index (Phi) is 2.11. The molecule has 0 aromatic carbocycles. The van der Waals surface area contributed by atoms with E-state index in [1.54, 1.807) is 6.20 Å². The molecule has 2 aromatic heterocycles. The van der Waals surface area contributed by atoms with Crippen molar-refractivity contribution in [2.75, 3.05) is 0 Å². The van der Waals surface area contributed by atoms with Gasteiger partial charge in [0.05, 0.1) is 11.4 Å². The number of H-pyrrole nitrogens is 1. The van der Waals surface area contributed by atoms with E-state index in [1.165, 1.54) is 11.3 Å². The molecule has 0 aliphatic carbocycles. The van der Waals surface area contributed by atoms with Crippen molar-refractivity contribution < 1.29 is 0 Å². The number of nitrogens with zero attached hydrogens (tertiary/aromatic N) is 3. The summed E-state index contributed by atoms with van der Waals surface area (Å²) in [6.07, 6.45) is 1.76. The Bertz CT molecular complexity index is 425. The van der Waals surface area contributed by atoms with Crippen molar-refractivity contribution >= 4 is 0 Å². The van der Waals surface area contributed by atoms with Gasteiger partial charge in [-0.3, -0.25) is 9.78 Å². The molecule has 2 aromatic rings. The van der Waals surface area contributed by atoms with E-state index in [9.17, 15) is 0 Å². The van der Waals surface area contributed by atoms with Crippen LogP contribution in [0.25, 0.3) is 11.3 Å². The molecular weight excluding hydrogens is 176 g/mol. The molecule has 0 aliphatic heterocycles. The first-order valence-electron chi connectivity index (χ1n) is 4.77. The molecule has 74 valence electrons. The molecule has 0 saturated carbocycles. The molecule has 0 spiro atoms. The number of nitrogens with one attached hydrogen (secondary N) is 1. The summed E-state index contributed by atoms with van der Waals surface area (Å²) in [7, 11) is 0. The van der Waals surface area contributed by atoms with E-state index in [4.69, 9.17) is 0 Å². The van der Waals surface area contributed by atoms with Crippen molar-refractivity contribution in [1.82, 2.24) is 20.0 Å². The summed E-state index contributed by atoms with van der Waals surface area (Å²) in [6, 6.07) is 1.97. The summed E-state index contributed by atoms with van der Waals surface area (Å²) in [5.41, 5.74) is 4.45. The van der Waals surface area contributed by atoms with Crippen molar-refractivity contribution in [2.45, 2.75) is 27.3 Å². The minimum atomic E-state index is 0.904. The molecule has 0 bridgehead atoms. The molecule has 2 rings (SSSR count). The van der Waals surface area contributed by atoms with Crippen LogP contribution in [-0.2, 0) is 6.54 Å². The molecule has 0 radical (unpaired) electrons. The van der Waals surface area contributed by atoms with Gasteiger partial charge < -0.3 is 0 Å². The zero-order valence-corrected chi connectivity index (χ0v) is 8.70. The largest absolute Gasteiger partial charge is 0.278 e. The van der Waals surface area contributed by atoms with Crippen LogP contribution in [-0.4, -0.2) is 20.0 Å². The summed E-state index contributed by atoms with van der Waals surface area (Å²) in [6.45, 7) is 7.10. The van der Waals surface area contributed by atoms with E-state index in [-0.39, 0.29) is 0 Å². The predicted octanol–water partition coefficient (Wildman–Crippen LogP) is 1.91. The lowest BCUT2D eigenvalue weighted by atomic mass is 10.1. The molecule has 0 unspecified atom stereocenters. The van der Waals surface area contributed by atoms with Crippen LogP contribution in [0.3, 0.4) is 0 Å². The van der Waals surface area contributed by atoms with Gasteiger partial charge in [0.2, 0.25) is 0 Å². The van der Waals surface area contributed by atoms with Gasteiger partial charge in [0.1, 0.15) is 0 Å². The minimum Gasteiger partial charge on any atom is -0.278 e. The molecule has 4 nitrogen and oxygen atoms in total. The van der Waals surface area contributed by atoms with Crippen molar-refractivity contribution in [3.8, 4) is 11.3 Å². The van der Waals surface area contributed by atoms with Gasteiger partial charge in [0.15, 0.2) is 0 Å². The van der Waals surface area contributed by atoms with E-state index >= 15 is 0 Å². The summed E-state index contributed by atoms with van der Waals surface area (Å²) < 4.78 is 2.01. The third kappa shape index (κ3) is 1.23. The standard InChI is InChI=1S/C10H14N4/c1-4-14-8(3)10(7(2)13-14)9-5-6-11-12-9/h5-6H,4H2,1-3H3,(H,11,12). The molecule has 0 amide bonds. The van der Waals surface area contributed by atoms with E-state index in [2.05, 4.69) is 29.1 Å². The lowest BCUT2D eigenvalue weighted by Gasteiger charge is -1.99. The number of hydrogen-bond donors (Lipinski definition) is 1. The Hall–Kier alpha value is -1.58. The lowest BCUT2D eigenvalue weighted by Crippen LogP contribution is -1.98. The van der Waals surface area contributed by atoms with Crippen LogP contribution >= 0.6 is 0 Å². The second kappa shape index (κ2) is 3.29. The van der Waals surface area contributed by atoms with Crippen molar-refractivity contribution in [3.63, 3.8) is 0 Å². The minimum absolute atomic E-state index is 0.904. The number of aryl methyl sites for hydroxylation is 2. The highest BCUT2D eigenvalue weighted by Gasteiger charge is 2.12. The molecule has 2 heterocycles. The molecule has 1 N–H and O–H groups in total. The molecular formula is C10H14N4. The maximum atomic E-state index is 4.45. The zero-order valence-electron chi connectivity index (χ0n) is 8.70. The lowest BCUT2D eigenvalue weighted by molar-refractivity contribution is 0.634. The third-order valence-electron chi connectivity index (χ3n) is 2.45. The fraction of sp³-hybridized carbons (Fsp3) is 0.400. The fourth-order valence-corrected chi connectivity index (χ4v) is 1.79. The van der Waals surface area contributed by atoms with Gasteiger partial charge in [-0.1, -0.05) is 0 Å². The molecule has 0 aliphatic rings. The highest BCUT2D eigenvalue weighted by atomic mass is 15.3. The van der Waals surface area contributed by atoms with Crippen LogP contribution in [0.15, 0.2) is 12.3 Å². The third-order valence-corrected chi connectivity index (χ3v) is 2.45. The quantitative estimate of drug-likeness (QED) is 0.786. The second-order valence-corrected chi connectivity index (χ2v) is 3.33. The molecule has 0 atom stereocenters. The fourth-order valence-electron chi connectivity index (χ4n) is 1.79. The van der Waals surface area contributed by atoms with Crippen LogP contribution < -0.4 is 0 Å². The molecule has 0 fully saturated rings. The first-order chi connectivity index (χ1) is 6.74. The summed E-state index contributed by atoms with van der Waals surface area (Å²) in [4.78, 5) is 0. The Morgan fingerprint density at radius 3 is 2.71 bits per heavy atom. The summed E-state index contributed by atoms with van der Waals surface area (Å²) >= 11 is 0. The average molecular weight is 190 g/mol. The maximum Gasteiger partial charge on any atom is 0.0690 e. The van der Waals surface area contributed by atoms with E-state index in [0.29, 0.717) is 0 Å². The topological polar surface area (TPSA) is 46.5 Å². The Labute approximate surface area is 83.0 Å². The number of rotatable bonds is 2. The summed E-state index contributed by atoms with van der Waals surface area (Å²) in [5.74, 6) is 0. The first-order valence-corrected chi connectivity index (χ1v) is 4.77. The molecule has 0 saturated heterocycles. The Morgan fingerprint density at radius 1 is 1.43 bits per heavy atom. The highest BCUT2D eigenvalue weighted by molar-refractivity contribution is 5.64. The number of aromatic amines is 1. The van der Waals surface area contributed by atoms with Crippen molar-refractivity contribution in [3.05, 3.63) is 23.7 Å². The van der Waals surface area contributed by atoms with Gasteiger partial charge in [-0.2, -0.15) is 10.2 Å². The van der Waals surface area contributed by atoms with Gasteiger partial charge in [-0.25, -0.2) is 0 Å². The van der Waals surface area contributed by atoms with Gasteiger partial charge in [0, 0.05) is 24.0 Å². The van der Waals surface area contributed by atoms with Gasteiger partial charge in [0.25, 0.3) is 0 Å². The van der Waals surface area contributed by atoms with Gasteiger partial charge in [-0.15, -0.1) is 0 Å². The van der Waals surface area contributed by atoms with Crippen LogP contribution in [0.2, 0.25) is 0 Å². The average Bonchev–Trinajstić information content (AvgIpc) is 2.74. The van der Waals surface area contributed by atoms with Crippen LogP contribution in [0.1, 0.15) is 18.3 Å². The highest BCUT2D eigenvalue weighted by Crippen LogP contribution is 2.24.